The molecule has 2 unspecified atom stereocenters. The molecular formula is C22H31N3O4. The second-order valence-corrected chi connectivity index (χ2v) is 9.06. The topological polar surface area (TPSA) is 103 Å². The summed E-state index contributed by atoms with van der Waals surface area (Å²) in [5.41, 5.74) is 3.65. The smallest absolute Gasteiger partial charge is 0.306 e. The first kappa shape index (κ1) is 20.1. The number of amides is 1. The van der Waals surface area contributed by atoms with E-state index >= 15 is 0 Å². The zero-order chi connectivity index (χ0) is 20.6. The highest BCUT2D eigenvalue weighted by Crippen LogP contribution is 2.40. The monoisotopic (exact) mass is 401 g/mol. The van der Waals surface area contributed by atoms with Gasteiger partial charge in [0.15, 0.2) is 0 Å². The number of carbonyl (C=O) groups excluding carboxylic acids is 1. The molecule has 4 aliphatic rings. The van der Waals surface area contributed by atoms with Gasteiger partial charge >= 0.3 is 5.97 Å². The molecule has 2 heterocycles. The van der Waals surface area contributed by atoms with Crippen molar-refractivity contribution in [3.8, 4) is 0 Å². The summed E-state index contributed by atoms with van der Waals surface area (Å²) in [5, 5.41) is 21.1. The van der Waals surface area contributed by atoms with E-state index in [4.69, 9.17) is 15.3 Å². The standard InChI is InChI=1S/C22H31N3O4/c1-24-18-10-16(20(26)25-9-8-22(11-25)12-29-13-22)6-7-17(18)19(23)14-2-4-15(5-3-14)21(27)28/h2,15-16,23-24H,3-13H2,1H3,(H,27,28). The summed E-state index contributed by atoms with van der Waals surface area (Å²) in [5.74, 6) is -0.865. The van der Waals surface area contributed by atoms with E-state index in [0.29, 0.717) is 37.8 Å². The summed E-state index contributed by atoms with van der Waals surface area (Å²) in [7, 11) is 1.86. The number of hydrogen-bond acceptors (Lipinski definition) is 5. The molecule has 2 saturated heterocycles. The summed E-state index contributed by atoms with van der Waals surface area (Å²) in [4.78, 5) is 26.3. The highest BCUT2D eigenvalue weighted by Gasteiger charge is 2.46. The third-order valence-electron chi connectivity index (χ3n) is 7.16. The first-order valence-corrected chi connectivity index (χ1v) is 10.7. The minimum absolute atomic E-state index is 0.0260. The maximum Gasteiger partial charge on any atom is 0.306 e. The van der Waals surface area contributed by atoms with Gasteiger partial charge in [-0.05, 0) is 56.1 Å². The number of nitrogens with zero attached hydrogens (tertiary/aromatic N) is 1. The predicted octanol–water partition coefficient (Wildman–Crippen LogP) is 2.34. The molecule has 0 bridgehead atoms. The van der Waals surface area contributed by atoms with Crippen molar-refractivity contribution in [2.24, 2.45) is 17.3 Å². The van der Waals surface area contributed by atoms with Crippen LogP contribution in [-0.4, -0.2) is 60.9 Å². The molecule has 2 atom stereocenters. The number of aliphatic carboxylic acids is 1. The van der Waals surface area contributed by atoms with Crippen molar-refractivity contribution in [2.45, 2.75) is 44.9 Å². The zero-order valence-electron chi connectivity index (χ0n) is 17.1. The highest BCUT2D eigenvalue weighted by molar-refractivity contribution is 6.11. The number of likely N-dealkylation sites (tertiary alicyclic amines) is 1. The Labute approximate surface area is 171 Å². The lowest BCUT2D eigenvalue weighted by Crippen LogP contribution is -2.46. The van der Waals surface area contributed by atoms with Crippen LogP contribution in [0.5, 0.6) is 0 Å². The third kappa shape index (κ3) is 3.84. The van der Waals surface area contributed by atoms with Crippen LogP contribution in [0.25, 0.3) is 0 Å². The van der Waals surface area contributed by atoms with Crippen LogP contribution < -0.4 is 5.32 Å². The van der Waals surface area contributed by atoms with Gasteiger partial charge in [0.25, 0.3) is 0 Å². The van der Waals surface area contributed by atoms with Gasteiger partial charge in [0.2, 0.25) is 5.91 Å². The van der Waals surface area contributed by atoms with Crippen molar-refractivity contribution >= 4 is 17.6 Å². The average molecular weight is 402 g/mol. The Bertz CT molecular complexity index is 781. The molecule has 7 heteroatoms. The van der Waals surface area contributed by atoms with E-state index in [2.05, 4.69) is 5.32 Å². The molecule has 0 aromatic heterocycles. The molecule has 7 nitrogen and oxygen atoms in total. The molecule has 2 fully saturated rings. The number of allylic oxidation sites excluding steroid dienone is 4. The minimum atomic E-state index is -0.752. The maximum atomic E-state index is 13.1. The Morgan fingerprint density at radius 1 is 1.28 bits per heavy atom. The SMILES string of the molecule is CNC1=C(C(=N)C2=CCC(C(=O)O)CC2)CCC(C(=O)N2CCC3(COC3)C2)C1. The summed E-state index contributed by atoms with van der Waals surface area (Å²) < 4.78 is 5.37. The fourth-order valence-electron chi connectivity index (χ4n) is 5.17. The average Bonchev–Trinajstić information content (AvgIpc) is 3.19. The number of nitrogens with one attached hydrogen (secondary N) is 2. The van der Waals surface area contributed by atoms with E-state index in [1.54, 1.807) is 0 Å². The second kappa shape index (κ2) is 7.94. The molecule has 1 spiro atoms. The minimum Gasteiger partial charge on any atom is -0.481 e. The summed E-state index contributed by atoms with van der Waals surface area (Å²) in [6.07, 6.45) is 6.83. The van der Waals surface area contributed by atoms with Gasteiger partial charge in [0, 0.05) is 37.2 Å². The van der Waals surface area contributed by atoms with E-state index in [1.807, 2.05) is 18.0 Å². The first-order valence-electron chi connectivity index (χ1n) is 10.7. The molecular weight excluding hydrogens is 370 g/mol. The molecule has 0 radical (unpaired) electrons. The molecule has 0 aromatic rings. The maximum absolute atomic E-state index is 13.1. The Morgan fingerprint density at radius 2 is 2.03 bits per heavy atom. The van der Waals surface area contributed by atoms with Gasteiger partial charge in [-0.15, -0.1) is 0 Å². The Kier molecular flexibility index (Phi) is 5.51. The van der Waals surface area contributed by atoms with Crippen molar-refractivity contribution in [1.82, 2.24) is 10.2 Å². The lowest BCUT2D eigenvalue weighted by Gasteiger charge is -2.38. The quantitative estimate of drug-likeness (QED) is 0.614. The zero-order valence-corrected chi connectivity index (χ0v) is 17.1. The van der Waals surface area contributed by atoms with Gasteiger partial charge in [0.1, 0.15) is 0 Å². The molecule has 2 aliphatic carbocycles. The van der Waals surface area contributed by atoms with Gasteiger partial charge in [-0.3, -0.25) is 9.59 Å². The van der Waals surface area contributed by atoms with Crippen molar-refractivity contribution < 1.29 is 19.4 Å². The molecule has 1 amide bonds. The second-order valence-electron chi connectivity index (χ2n) is 9.06. The van der Waals surface area contributed by atoms with Gasteiger partial charge < -0.3 is 25.5 Å². The van der Waals surface area contributed by atoms with Crippen LogP contribution in [0, 0.1) is 22.7 Å². The van der Waals surface area contributed by atoms with E-state index < -0.39 is 5.97 Å². The molecule has 29 heavy (non-hydrogen) atoms. The van der Waals surface area contributed by atoms with Crippen LogP contribution >= 0.6 is 0 Å². The van der Waals surface area contributed by atoms with Crippen molar-refractivity contribution in [1.29, 1.82) is 5.41 Å². The number of ether oxygens (including phenoxy) is 1. The Balaban J connectivity index is 1.42. The lowest BCUT2D eigenvalue weighted by molar-refractivity contribution is -0.142. The number of rotatable bonds is 5. The largest absolute Gasteiger partial charge is 0.481 e. The highest BCUT2D eigenvalue weighted by atomic mass is 16.5. The predicted molar refractivity (Wildman–Crippen MR) is 109 cm³/mol. The first-order chi connectivity index (χ1) is 13.9. The van der Waals surface area contributed by atoms with E-state index in [0.717, 1.165) is 56.0 Å². The van der Waals surface area contributed by atoms with E-state index in [9.17, 15) is 9.59 Å². The molecule has 0 aromatic carbocycles. The van der Waals surface area contributed by atoms with Gasteiger partial charge in [-0.1, -0.05) is 6.08 Å². The summed E-state index contributed by atoms with van der Waals surface area (Å²) >= 11 is 0. The molecule has 4 rings (SSSR count). The lowest BCUT2D eigenvalue weighted by atomic mass is 9.80. The number of carboxylic acids is 1. The van der Waals surface area contributed by atoms with Crippen molar-refractivity contribution in [3.05, 3.63) is 22.9 Å². The van der Waals surface area contributed by atoms with Crippen molar-refractivity contribution in [3.63, 3.8) is 0 Å². The Hall–Kier alpha value is -2.15. The van der Waals surface area contributed by atoms with Gasteiger partial charge in [-0.25, -0.2) is 0 Å². The van der Waals surface area contributed by atoms with E-state index in [-0.39, 0.29) is 23.2 Å². The van der Waals surface area contributed by atoms with Crippen LogP contribution in [-0.2, 0) is 14.3 Å². The molecule has 2 aliphatic heterocycles. The van der Waals surface area contributed by atoms with Gasteiger partial charge in [0.05, 0.1) is 24.8 Å². The van der Waals surface area contributed by atoms with Crippen LogP contribution in [0.3, 0.4) is 0 Å². The fraction of sp³-hybridized carbons (Fsp3) is 0.682. The molecule has 3 N–H and O–H groups in total. The van der Waals surface area contributed by atoms with Crippen LogP contribution in [0.15, 0.2) is 22.9 Å². The van der Waals surface area contributed by atoms with Crippen molar-refractivity contribution in [2.75, 3.05) is 33.4 Å². The van der Waals surface area contributed by atoms with Crippen LogP contribution in [0.4, 0.5) is 0 Å². The number of carboxylic acid groups (broad SMARTS) is 1. The van der Waals surface area contributed by atoms with Gasteiger partial charge in [-0.2, -0.15) is 0 Å². The Morgan fingerprint density at radius 3 is 2.59 bits per heavy atom. The normalized spacial score (nSPS) is 28.7. The van der Waals surface area contributed by atoms with Crippen LogP contribution in [0.1, 0.15) is 44.9 Å². The molecule has 0 saturated carbocycles. The third-order valence-corrected chi connectivity index (χ3v) is 7.16. The summed E-state index contributed by atoms with van der Waals surface area (Å²) in [6.45, 7) is 3.21. The number of carbonyl (C=O) groups is 2. The fourth-order valence-corrected chi connectivity index (χ4v) is 5.17. The van der Waals surface area contributed by atoms with E-state index in [1.165, 1.54) is 0 Å². The summed E-state index contributed by atoms with van der Waals surface area (Å²) in [6, 6.07) is 0. The van der Waals surface area contributed by atoms with Crippen LogP contribution in [0.2, 0.25) is 0 Å². The molecule has 158 valence electrons. The number of hydrogen-bond donors (Lipinski definition) is 3.